The predicted octanol–water partition coefficient (Wildman–Crippen LogP) is 0.438. The molecule has 0 spiro atoms. The molecule has 0 aromatic carbocycles. The molecule has 21 heavy (non-hydrogen) atoms. The van der Waals surface area contributed by atoms with E-state index in [4.69, 9.17) is 10.5 Å². The Kier molecular flexibility index (Phi) is 4.69. The summed E-state index contributed by atoms with van der Waals surface area (Å²) in [4.78, 5) is 26.1. The fourth-order valence-corrected chi connectivity index (χ4v) is 3.42. The molecule has 1 aromatic rings. The number of aliphatic hydroxyl groups is 1. The molecule has 2 heterocycles. The Labute approximate surface area is 126 Å². The van der Waals surface area contributed by atoms with Crippen LogP contribution >= 0.6 is 11.3 Å². The second-order valence-electron chi connectivity index (χ2n) is 4.71. The molecular formula is C13H19N3O4S. The van der Waals surface area contributed by atoms with Gasteiger partial charge in [0.05, 0.1) is 24.0 Å². The van der Waals surface area contributed by atoms with Gasteiger partial charge < -0.3 is 25.8 Å². The average molecular weight is 313 g/mol. The number of carbonyl (C=O) groups is 2. The molecule has 2 rings (SSSR count). The highest BCUT2D eigenvalue weighted by Gasteiger charge is 2.31. The Morgan fingerprint density at radius 3 is 2.81 bits per heavy atom. The molecule has 1 atom stereocenters. The van der Waals surface area contributed by atoms with E-state index >= 15 is 0 Å². The van der Waals surface area contributed by atoms with Crippen LogP contribution in [0.5, 0.6) is 0 Å². The maximum Gasteiger partial charge on any atom is 0.350 e. The summed E-state index contributed by atoms with van der Waals surface area (Å²) in [5, 5.41) is 12.8. The van der Waals surface area contributed by atoms with Gasteiger partial charge in [0.15, 0.2) is 0 Å². The van der Waals surface area contributed by atoms with Crippen LogP contribution in [0.4, 0.5) is 10.7 Å². The number of anilines is 2. The summed E-state index contributed by atoms with van der Waals surface area (Å²) in [6, 6.07) is 0. The summed E-state index contributed by atoms with van der Waals surface area (Å²) in [5.74, 6) is -0.883. The Balaban J connectivity index is 2.44. The lowest BCUT2D eigenvalue weighted by Gasteiger charge is -2.17. The number of rotatable bonds is 4. The fourth-order valence-electron chi connectivity index (χ4n) is 2.27. The van der Waals surface area contributed by atoms with Crippen molar-refractivity contribution in [1.82, 2.24) is 5.32 Å². The number of thiophene rings is 1. The lowest BCUT2D eigenvalue weighted by Crippen LogP contribution is -2.25. The number of nitrogens with one attached hydrogen (secondary N) is 1. The molecule has 1 amide bonds. The molecule has 8 heteroatoms. The zero-order valence-electron chi connectivity index (χ0n) is 12.0. The first kappa shape index (κ1) is 15.6. The van der Waals surface area contributed by atoms with Gasteiger partial charge in [-0.15, -0.1) is 11.3 Å². The van der Waals surface area contributed by atoms with E-state index in [9.17, 15) is 14.7 Å². The Hall–Kier alpha value is -1.80. The standard InChI is InChI=1S/C13H19N3O4S/c1-3-20-13(19)10-9(14)8(11(18)15-2)12(21-10)16-5-4-7(17)6-16/h7,17H,3-6,14H2,1-2H3,(H,15,18). The minimum atomic E-state index is -0.531. The van der Waals surface area contributed by atoms with Gasteiger partial charge in [0.25, 0.3) is 5.91 Å². The third kappa shape index (κ3) is 2.96. The number of β-amino-alcohol motifs (C(OH)–C–C–N with tert-alkyl or cyclic N) is 1. The minimum absolute atomic E-state index is 0.134. The summed E-state index contributed by atoms with van der Waals surface area (Å²) >= 11 is 1.13. The molecule has 0 radical (unpaired) electrons. The van der Waals surface area contributed by atoms with Gasteiger partial charge in [-0.3, -0.25) is 4.79 Å². The third-order valence-corrected chi connectivity index (χ3v) is 4.54. The van der Waals surface area contributed by atoms with Gasteiger partial charge in [0, 0.05) is 20.1 Å². The van der Waals surface area contributed by atoms with Gasteiger partial charge in [-0.2, -0.15) is 0 Å². The largest absolute Gasteiger partial charge is 0.462 e. The van der Waals surface area contributed by atoms with Gasteiger partial charge in [-0.25, -0.2) is 4.79 Å². The molecule has 1 saturated heterocycles. The van der Waals surface area contributed by atoms with Crippen molar-refractivity contribution in [2.45, 2.75) is 19.4 Å². The second-order valence-corrected chi connectivity index (χ2v) is 5.71. The van der Waals surface area contributed by atoms with E-state index in [-0.39, 0.29) is 28.6 Å². The number of aliphatic hydroxyl groups excluding tert-OH is 1. The fraction of sp³-hybridized carbons (Fsp3) is 0.538. The molecule has 1 fully saturated rings. The highest BCUT2D eigenvalue weighted by Crippen LogP contribution is 2.40. The second kappa shape index (κ2) is 6.31. The Morgan fingerprint density at radius 1 is 1.57 bits per heavy atom. The Morgan fingerprint density at radius 2 is 2.29 bits per heavy atom. The predicted molar refractivity (Wildman–Crippen MR) is 80.9 cm³/mol. The van der Waals surface area contributed by atoms with E-state index < -0.39 is 12.1 Å². The van der Waals surface area contributed by atoms with Crippen molar-refractivity contribution in [3.63, 3.8) is 0 Å². The van der Waals surface area contributed by atoms with Crippen LogP contribution < -0.4 is 16.0 Å². The first-order chi connectivity index (χ1) is 9.99. The summed E-state index contributed by atoms with van der Waals surface area (Å²) in [6.07, 6.45) is 0.191. The molecule has 1 unspecified atom stereocenters. The van der Waals surface area contributed by atoms with E-state index in [0.29, 0.717) is 24.5 Å². The molecule has 4 N–H and O–H groups in total. The average Bonchev–Trinajstić information content (AvgIpc) is 3.02. The van der Waals surface area contributed by atoms with Crippen LogP contribution in [-0.2, 0) is 4.74 Å². The number of ether oxygens (including phenoxy) is 1. The number of hydrogen-bond acceptors (Lipinski definition) is 7. The van der Waals surface area contributed by atoms with Crippen LogP contribution in [0.1, 0.15) is 33.4 Å². The normalized spacial score (nSPS) is 17.9. The van der Waals surface area contributed by atoms with Crippen molar-refractivity contribution in [2.75, 3.05) is 37.4 Å². The first-order valence-corrected chi connectivity index (χ1v) is 7.55. The zero-order chi connectivity index (χ0) is 15.6. The van der Waals surface area contributed by atoms with Gasteiger partial charge in [0.1, 0.15) is 9.88 Å². The van der Waals surface area contributed by atoms with Crippen LogP contribution in [0.15, 0.2) is 0 Å². The smallest absolute Gasteiger partial charge is 0.350 e. The van der Waals surface area contributed by atoms with Gasteiger partial charge in [-0.05, 0) is 13.3 Å². The summed E-state index contributed by atoms with van der Waals surface area (Å²) < 4.78 is 4.97. The number of carbonyl (C=O) groups excluding carboxylic acids is 2. The highest BCUT2D eigenvalue weighted by molar-refractivity contribution is 7.19. The molecule has 1 aliphatic heterocycles. The number of nitrogens with two attached hydrogens (primary N) is 1. The lowest BCUT2D eigenvalue weighted by atomic mass is 10.2. The number of esters is 1. The summed E-state index contributed by atoms with van der Waals surface area (Å²) in [6.45, 7) is 2.99. The number of amides is 1. The van der Waals surface area contributed by atoms with Crippen molar-refractivity contribution in [3.8, 4) is 0 Å². The first-order valence-electron chi connectivity index (χ1n) is 6.74. The summed E-state index contributed by atoms with van der Waals surface area (Å²) in [7, 11) is 1.51. The molecule has 116 valence electrons. The van der Waals surface area contributed by atoms with Crippen molar-refractivity contribution >= 4 is 33.9 Å². The molecule has 0 bridgehead atoms. The van der Waals surface area contributed by atoms with Crippen LogP contribution in [0, 0.1) is 0 Å². The monoisotopic (exact) mass is 313 g/mol. The number of hydrogen-bond donors (Lipinski definition) is 3. The van der Waals surface area contributed by atoms with Crippen molar-refractivity contribution < 1.29 is 19.4 Å². The topological polar surface area (TPSA) is 105 Å². The van der Waals surface area contributed by atoms with E-state index in [1.54, 1.807) is 6.92 Å². The zero-order valence-corrected chi connectivity index (χ0v) is 12.8. The molecule has 0 saturated carbocycles. The highest BCUT2D eigenvalue weighted by atomic mass is 32.1. The van der Waals surface area contributed by atoms with Crippen LogP contribution in [0.25, 0.3) is 0 Å². The maximum atomic E-state index is 12.1. The van der Waals surface area contributed by atoms with Crippen molar-refractivity contribution in [1.29, 1.82) is 0 Å². The number of nitrogens with zero attached hydrogens (tertiary/aromatic N) is 1. The minimum Gasteiger partial charge on any atom is -0.462 e. The molecular weight excluding hydrogens is 294 g/mol. The lowest BCUT2D eigenvalue weighted by molar-refractivity contribution is 0.0533. The van der Waals surface area contributed by atoms with Crippen LogP contribution in [0.3, 0.4) is 0 Å². The van der Waals surface area contributed by atoms with Gasteiger partial charge in [0.2, 0.25) is 0 Å². The van der Waals surface area contributed by atoms with Crippen molar-refractivity contribution in [2.24, 2.45) is 0 Å². The quantitative estimate of drug-likeness (QED) is 0.697. The molecule has 7 nitrogen and oxygen atoms in total. The molecule has 0 aliphatic carbocycles. The number of nitrogen functional groups attached to an aromatic ring is 1. The van der Waals surface area contributed by atoms with Gasteiger partial charge >= 0.3 is 5.97 Å². The SMILES string of the molecule is CCOC(=O)c1sc(N2CCC(O)C2)c(C(=O)NC)c1N. The Bertz CT molecular complexity index is 558. The molecule has 1 aliphatic rings. The van der Waals surface area contributed by atoms with Crippen LogP contribution in [0.2, 0.25) is 0 Å². The third-order valence-electron chi connectivity index (χ3n) is 3.29. The van der Waals surface area contributed by atoms with E-state index in [0.717, 1.165) is 11.3 Å². The summed E-state index contributed by atoms with van der Waals surface area (Å²) in [5.41, 5.74) is 6.38. The molecule has 1 aromatic heterocycles. The van der Waals surface area contributed by atoms with Crippen molar-refractivity contribution in [3.05, 3.63) is 10.4 Å². The van der Waals surface area contributed by atoms with E-state index in [2.05, 4.69) is 5.32 Å². The van der Waals surface area contributed by atoms with Crippen LogP contribution in [-0.4, -0.2) is 49.8 Å². The van der Waals surface area contributed by atoms with E-state index in [1.165, 1.54) is 7.05 Å². The maximum absolute atomic E-state index is 12.1. The van der Waals surface area contributed by atoms with Gasteiger partial charge in [-0.1, -0.05) is 0 Å². The van der Waals surface area contributed by atoms with E-state index in [1.807, 2.05) is 4.90 Å².